The van der Waals surface area contributed by atoms with Crippen LogP contribution in [0.25, 0.3) is 10.2 Å². The maximum atomic E-state index is 11.3. The minimum absolute atomic E-state index is 0.0372. The average molecular weight is 302 g/mol. The van der Waals surface area contributed by atoms with Gasteiger partial charge in [0.2, 0.25) is 16.0 Å². The molecule has 0 spiro atoms. The van der Waals surface area contributed by atoms with Gasteiger partial charge in [-0.3, -0.25) is 5.43 Å². The van der Waals surface area contributed by atoms with Crippen LogP contribution >= 0.6 is 11.3 Å². The number of nitrogen functional groups attached to an aromatic ring is 1. The molecule has 0 aliphatic carbocycles. The van der Waals surface area contributed by atoms with Gasteiger partial charge in [0, 0.05) is 6.54 Å². The van der Waals surface area contributed by atoms with Gasteiger partial charge in [0.15, 0.2) is 0 Å². The summed E-state index contributed by atoms with van der Waals surface area (Å²) in [5.41, 5.74) is 2.38. The molecule has 0 amide bonds. The number of nitrogens with one attached hydrogen (secondary N) is 3. The van der Waals surface area contributed by atoms with Crippen LogP contribution in [0.2, 0.25) is 0 Å². The molecular formula is C9H14N6O2S2. The molecule has 0 fully saturated rings. The molecule has 0 saturated heterocycles. The molecule has 10 heteroatoms. The van der Waals surface area contributed by atoms with Gasteiger partial charge in [-0.2, -0.15) is 4.98 Å². The van der Waals surface area contributed by atoms with Crippen molar-refractivity contribution in [1.29, 1.82) is 0 Å². The van der Waals surface area contributed by atoms with Crippen LogP contribution in [0.1, 0.15) is 0 Å². The highest BCUT2D eigenvalue weighted by atomic mass is 32.2. The molecule has 0 bridgehead atoms. The van der Waals surface area contributed by atoms with Crippen LogP contribution in [-0.2, 0) is 10.0 Å². The van der Waals surface area contributed by atoms with E-state index in [-0.39, 0.29) is 18.2 Å². The summed E-state index contributed by atoms with van der Waals surface area (Å²) in [4.78, 5) is 9.14. The van der Waals surface area contributed by atoms with Crippen LogP contribution in [0.15, 0.2) is 11.4 Å². The second kappa shape index (κ2) is 5.65. The van der Waals surface area contributed by atoms with Gasteiger partial charge in [0.25, 0.3) is 0 Å². The third kappa shape index (κ3) is 3.29. The number of nitrogens with two attached hydrogens (primary N) is 1. The van der Waals surface area contributed by atoms with Crippen molar-refractivity contribution in [2.45, 2.75) is 0 Å². The smallest absolute Gasteiger partial charge is 0.240 e. The van der Waals surface area contributed by atoms with Crippen LogP contribution < -0.4 is 21.3 Å². The van der Waals surface area contributed by atoms with E-state index in [0.29, 0.717) is 5.82 Å². The van der Waals surface area contributed by atoms with E-state index in [4.69, 9.17) is 5.84 Å². The molecule has 2 aromatic heterocycles. The number of thiophene rings is 1. The molecule has 19 heavy (non-hydrogen) atoms. The van der Waals surface area contributed by atoms with Crippen LogP contribution in [0.5, 0.6) is 0 Å². The number of hydrogen-bond donors (Lipinski definition) is 4. The van der Waals surface area contributed by atoms with Crippen LogP contribution in [0, 0.1) is 0 Å². The molecule has 5 N–H and O–H groups in total. The number of rotatable bonds is 6. The second-order valence-corrected chi connectivity index (χ2v) is 6.57. The molecule has 104 valence electrons. The number of nitrogens with zero attached hydrogens (tertiary/aromatic N) is 2. The molecule has 0 unspecified atom stereocenters. The molecule has 0 aromatic carbocycles. The Bertz CT molecular complexity index is 668. The van der Waals surface area contributed by atoms with Crippen molar-refractivity contribution in [3.8, 4) is 0 Å². The van der Waals surface area contributed by atoms with Crippen molar-refractivity contribution in [2.75, 3.05) is 30.1 Å². The first-order valence-corrected chi connectivity index (χ1v) is 7.96. The standard InChI is InChI=1S/C9H14N6O2S2/c1-11-19(16,17)5-3-12-7-6-2-4-18-8(6)14-9(13-7)15-10/h2,4,11H,3,5,10H2,1H3,(H2,12,13,14,15). The Labute approximate surface area is 114 Å². The summed E-state index contributed by atoms with van der Waals surface area (Å²) >= 11 is 1.46. The SMILES string of the molecule is CNS(=O)(=O)CCNc1nc(NN)nc2sccc12. The summed E-state index contributed by atoms with van der Waals surface area (Å²) in [6.07, 6.45) is 0. The van der Waals surface area contributed by atoms with Crippen molar-refractivity contribution in [1.82, 2.24) is 14.7 Å². The fraction of sp³-hybridized carbons (Fsp3) is 0.333. The molecule has 2 rings (SSSR count). The topological polar surface area (TPSA) is 122 Å². The highest BCUT2D eigenvalue weighted by molar-refractivity contribution is 7.89. The number of hydrogen-bond acceptors (Lipinski definition) is 8. The number of hydrazine groups is 1. The summed E-state index contributed by atoms with van der Waals surface area (Å²) in [5.74, 6) is 6.10. The summed E-state index contributed by atoms with van der Waals surface area (Å²) in [6.45, 7) is 0.245. The van der Waals surface area contributed by atoms with Gasteiger partial charge < -0.3 is 5.32 Å². The van der Waals surface area contributed by atoms with Crippen LogP contribution in [0.4, 0.5) is 11.8 Å². The molecule has 2 aromatic rings. The zero-order valence-corrected chi connectivity index (χ0v) is 11.8. The van der Waals surface area contributed by atoms with E-state index in [9.17, 15) is 8.42 Å². The zero-order valence-electron chi connectivity index (χ0n) is 10.2. The molecule has 8 nitrogen and oxygen atoms in total. The van der Waals surface area contributed by atoms with Gasteiger partial charge in [-0.15, -0.1) is 11.3 Å². The average Bonchev–Trinajstić information content (AvgIpc) is 2.86. The minimum Gasteiger partial charge on any atom is -0.368 e. The van der Waals surface area contributed by atoms with Crippen LogP contribution in [0.3, 0.4) is 0 Å². The van der Waals surface area contributed by atoms with Crippen molar-refractivity contribution < 1.29 is 8.42 Å². The van der Waals surface area contributed by atoms with Crippen LogP contribution in [-0.4, -0.2) is 37.7 Å². The monoisotopic (exact) mass is 302 g/mol. The number of anilines is 2. The lowest BCUT2D eigenvalue weighted by Crippen LogP contribution is -2.26. The van der Waals surface area contributed by atoms with Crippen molar-refractivity contribution >= 4 is 43.3 Å². The summed E-state index contributed by atoms with van der Waals surface area (Å²) in [7, 11) is -1.86. The third-order valence-electron chi connectivity index (χ3n) is 2.43. The fourth-order valence-electron chi connectivity index (χ4n) is 1.46. The molecule has 0 atom stereocenters. The highest BCUT2D eigenvalue weighted by Gasteiger charge is 2.10. The first-order valence-electron chi connectivity index (χ1n) is 5.42. The largest absolute Gasteiger partial charge is 0.368 e. The lowest BCUT2D eigenvalue weighted by atomic mass is 10.4. The fourth-order valence-corrected chi connectivity index (χ4v) is 2.80. The summed E-state index contributed by atoms with van der Waals surface area (Å²) in [6, 6.07) is 1.87. The molecular weight excluding hydrogens is 288 g/mol. The molecule has 0 saturated carbocycles. The Balaban J connectivity index is 2.17. The van der Waals surface area contributed by atoms with E-state index < -0.39 is 10.0 Å². The lowest BCUT2D eigenvalue weighted by molar-refractivity contribution is 0.588. The van der Waals surface area contributed by atoms with Gasteiger partial charge in [0.1, 0.15) is 10.6 Å². The molecule has 2 heterocycles. The maximum absolute atomic E-state index is 11.3. The Morgan fingerprint density at radius 1 is 1.42 bits per heavy atom. The first kappa shape index (κ1) is 13.9. The van der Waals surface area contributed by atoms with E-state index in [0.717, 1.165) is 10.2 Å². The van der Waals surface area contributed by atoms with E-state index in [2.05, 4.69) is 25.4 Å². The highest BCUT2D eigenvalue weighted by Crippen LogP contribution is 2.25. The van der Waals surface area contributed by atoms with Gasteiger partial charge in [0.05, 0.1) is 11.1 Å². The predicted octanol–water partition coefficient (Wildman–Crippen LogP) is -0.0620. The van der Waals surface area contributed by atoms with Gasteiger partial charge in [-0.05, 0) is 18.5 Å². The second-order valence-electron chi connectivity index (χ2n) is 3.63. The molecule has 0 radical (unpaired) electrons. The van der Waals surface area contributed by atoms with Gasteiger partial charge in [-0.25, -0.2) is 24.0 Å². The first-order chi connectivity index (χ1) is 9.05. The van der Waals surface area contributed by atoms with Crippen molar-refractivity contribution in [3.63, 3.8) is 0 Å². The van der Waals surface area contributed by atoms with E-state index in [1.165, 1.54) is 18.4 Å². The predicted molar refractivity (Wildman–Crippen MR) is 76.6 cm³/mol. The Kier molecular flexibility index (Phi) is 4.14. The number of fused-ring (bicyclic) bond motifs is 1. The van der Waals surface area contributed by atoms with Crippen molar-refractivity contribution in [2.24, 2.45) is 5.84 Å². The third-order valence-corrected chi connectivity index (χ3v) is 4.60. The van der Waals surface area contributed by atoms with E-state index in [1.807, 2.05) is 11.4 Å². The zero-order chi connectivity index (χ0) is 13.9. The van der Waals surface area contributed by atoms with E-state index in [1.54, 1.807) is 0 Å². The summed E-state index contributed by atoms with van der Waals surface area (Å²) in [5, 5.41) is 5.70. The Morgan fingerprint density at radius 3 is 2.89 bits per heavy atom. The van der Waals surface area contributed by atoms with E-state index >= 15 is 0 Å². The van der Waals surface area contributed by atoms with Crippen molar-refractivity contribution in [3.05, 3.63) is 11.4 Å². The minimum atomic E-state index is -3.24. The Morgan fingerprint density at radius 2 is 2.21 bits per heavy atom. The summed E-state index contributed by atoms with van der Waals surface area (Å²) < 4.78 is 24.9. The number of sulfonamides is 1. The van der Waals surface area contributed by atoms with Gasteiger partial charge >= 0.3 is 0 Å². The molecule has 0 aliphatic heterocycles. The maximum Gasteiger partial charge on any atom is 0.240 e. The normalized spacial score (nSPS) is 11.7. The number of aromatic nitrogens is 2. The lowest BCUT2D eigenvalue weighted by Gasteiger charge is -2.08. The molecule has 0 aliphatic rings. The van der Waals surface area contributed by atoms with Gasteiger partial charge in [-0.1, -0.05) is 0 Å². The Hall–Kier alpha value is -1.49. The quantitative estimate of drug-likeness (QED) is 0.435.